The van der Waals surface area contributed by atoms with Crippen LogP contribution in [0.25, 0.3) is 0 Å². The van der Waals surface area contributed by atoms with Crippen molar-refractivity contribution in [2.45, 2.75) is 58.5 Å². The molecule has 1 amide bonds. The van der Waals surface area contributed by atoms with Crippen LogP contribution in [0.2, 0.25) is 0 Å². The molecule has 0 aromatic carbocycles. The van der Waals surface area contributed by atoms with E-state index in [1.165, 1.54) is 0 Å². The fourth-order valence-corrected chi connectivity index (χ4v) is 3.00. The van der Waals surface area contributed by atoms with Gasteiger partial charge in [-0.15, -0.1) is 0 Å². The van der Waals surface area contributed by atoms with Crippen molar-refractivity contribution >= 4 is 11.6 Å². The van der Waals surface area contributed by atoms with E-state index < -0.39 is 5.54 Å². The van der Waals surface area contributed by atoms with Gasteiger partial charge in [-0.05, 0) is 45.4 Å². The number of aliphatic hydroxyl groups excluding tert-OH is 1. The number of nitrogen functional groups attached to an aromatic ring is 1. The summed E-state index contributed by atoms with van der Waals surface area (Å²) >= 11 is 0. The van der Waals surface area contributed by atoms with Gasteiger partial charge in [-0.1, -0.05) is 6.92 Å². The number of carbonyl (C=O) groups is 1. The molecule has 1 saturated carbocycles. The number of aliphatic hydroxyl groups is 1. The molecule has 0 unspecified atom stereocenters. The van der Waals surface area contributed by atoms with Crippen molar-refractivity contribution < 1.29 is 9.90 Å². The van der Waals surface area contributed by atoms with Gasteiger partial charge in [-0.25, -0.2) is 0 Å². The number of nitrogens with two attached hydrogens (primary N) is 1. The highest BCUT2D eigenvalue weighted by atomic mass is 16.3. The highest BCUT2D eigenvalue weighted by Crippen LogP contribution is 2.32. The number of hydrogen-bond acceptors (Lipinski definition) is 4. The molecule has 0 atom stereocenters. The molecule has 0 spiro atoms. The van der Waals surface area contributed by atoms with E-state index >= 15 is 0 Å². The molecule has 1 heterocycles. The van der Waals surface area contributed by atoms with Gasteiger partial charge in [0.15, 0.2) is 0 Å². The first-order chi connectivity index (χ1) is 9.92. The number of aromatic nitrogens is 2. The highest BCUT2D eigenvalue weighted by molar-refractivity contribution is 5.98. The number of nitrogens with one attached hydrogen (secondary N) is 1. The maximum atomic E-state index is 12.6. The second-order valence-electron chi connectivity index (χ2n) is 6.24. The fraction of sp³-hybridized carbons (Fsp3) is 0.733. The molecule has 0 bridgehead atoms. The summed E-state index contributed by atoms with van der Waals surface area (Å²) in [5.74, 6) is 0.411. The SMILES string of the molecule is CCn1nc(C)c(N)c1C(=O)NC1(CO)CCC(C)CC1. The lowest BCUT2D eigenvalue weighted by molar-refractivity contribution is 0.0708. The molecule has 1 aliphatic carbocycles. The monoisotopic (exact) mass is 294 g/mol. The number of rotatable bonds is 4. The average Bonchev–Trinajstić information content (AvgIpc) is 2.77. The van der Waals surface area contributed by atoms with E-state index in [0.29, 0.717) is 29.5 Å². The summed E-state index contributed by atoms with van der Waals surface area (Å²) in [5, 5.41) is 17.0. The maximum absolute atomic E-state index is 12.6. The number of nitrogens with zero attached hydrogens (tertiary/aromatic N) is 2. The third-order valence-electron chi connectivity index (χ3n) is 4.60. The van der Waals surface area contributed by atoms with Gasteiger partial charge in [-0.3, -0.25) is 9.48 Å². The summed E-state index contributed by atoms with van der Waals surface area (Å²) < 4.78 is 1.62. The van der Waals surface area contributed by atoms with Crippen molar-refractivity contribution in [1.82, 2.24) is 15.1 Å². The lowest BCUT2D eigenvalue weighted by atomic mass is 9.77. The molecule has 1 aliphatic rings. The molecule has 118 valence electrons. The fourth-order valence-electron chi connectivity index (χ4n) is 3.00. The Hall–Kier alpha value is -1.56. The van der Waals surface area contributed by atoms with Crippen molar-refractivity contribution in [2.75, 3.05) is 12.3 Å². The number of anilines is 1. The maximum Gasteiger partial charge on any atom is 0.272 e. The predicted octanol–water partition coefficient (Wildman–Crippen LogP) is 1.46. The quantitative estimate of drug-likeness (QED) is 0.784. The summed E-state index contributed by atoms with van der Waals surface area (Å²) in [6.45, 7) is 6.47. The van der Waals surface area contributed by atoms with Gasteiger partial charge in [-0.2, -0.15) is 5.10 Å². The Balaban J connectivity index is 2.21. The zero-order valence-electron chi connectivity index (χ0n) is 13.1. The van der Waals surface area contributed by atoms with Crippen LogP contribution in [0, 0.1) is 12.8 Å². The summed E-state index contributed by atoms with van der Waals surface area (Å²) in [5.41, 5.74) is 6.96. The van der Waals surface area contributed by atoms with Crippen molar-refractivity contribution in [1.29, 1.82) is 0 Å². The molecule has 0 aliphatic heterocycles. The van der Waals surface area contributed by atoms with Crippen LogP contribution in [0.1, 0.15) is 55.7 Å². The normalized spacial score (nSPS) is 25.8. The highest BCUT2D eigenvalue weighted by Gasteiger charge is 2.36. The number of carbonyl (C=O) groups excluding carboxylic acids is 1. The van der Waals surface area contributed by atoms with Crippen molar-refractivity contribution in [3.05, 3.63) is 11.4 Å². The van der Waals surface area contributed by atoms with Crippen LogP contribution in [0.3, 0.4) is 0 Å². The Morgan fingerprint density at radius 2 is 2.14 bits per heavy atom. The van der Waals surface area contributed by atoms with E-state index in [0.717, 1.165) is 25.7 Å². The molecule has 2 rings (SSSR count). The molecular formula is C15H26N4O2. The van der Waals surface area contributed by atoms with Crippen molar-refractivity contribution in [3.63, 3.8) is 0 Å². The van der Waals surface area contributed by atoms with Gasteiger partial charge in [0.05, 0.1) is 23.5 Å². The smallest absolute Gasteiger partial charge is 0.272 e. The summed E-state index contributed by atoms with van der Waals surface area (Å²) in [4.78, 5) is 12.6. The Kier molecular flexibility index (Phi) is 4.56. The average molecular weight is 294 g/mol. The van der Waals surface area contributed by atoms with Crippen molar-refractivity contribution in [3.8, 4) is 0 Å². The zero-order chi connectivity index (χ0) is 15.6. The van der Waals surface area contributed by atoms with Gasteiger partial charge in [0.1, 0.15) is 5.69 Å². The number of hydrogen-bond donors (Lipinski definition) is 3. The van der Waals surface area contributed by atoms with Crippen LogP contribution in [-0.4, -0.2) is 32.9 Å². The summed E-state index contributed by atoms with van der Waals surface area (Å²) in [6, 6.07) is 0. The largest absolute Gasteiger partial charge is 0.395 e. The minimum atomic E-state index is -0.521. The Bertz CT molecular complexity index is 516. The molecule has 4 N–H and O–H groups in total. The van der Waals surface area contributed by atoms with E-state index in [1.54, 1.807) is 11.6 Å². The second-order valence-corrected chi connectivity index (χ2v) is 6.24. The van der Waals surface area contributed by atoms with Crippen LogP contribution >= 0.6 is 0 Å². The van der Waals surface area contributed by atoms with Crippen LogP contribution in [0.15, 0.2) is 0 Å². The molecule has 6 heteroatoms. The molecule has 6 nitrogen and oxygen atoms in total. The molecule has 1 fully saturated rings. The summed E-state index contributed by atoms with van der Waals surface area (Å²) in [7, 11) is 0. The van der Waals surface area contributed by atoms with Crippen molar-refractivity contribution in [2.24, 2.45) is 5.92 Å². The third-order valence-corrected chi connectivity index (χ3v) is 4.60. The Morgan fingerprint density at radius 3 is 2.67 bits per heavy atom. The standard InChI is InChI=1S/C15H26N4O2/c1-4-19-13(12(16)11(3)18-19)14(21)17-15(9-20)7-5-10(2)6-8-15/h10,20H,4-9,16H2,1-3H3,(H,17,21). The van der Waals surface area contributed by atoms with Gasteiger partial charge < -0.3 is 16.2 Å². The van der Waals surface area contributed by atoms with E-state index in [1.807, 2.05) is 6.92 Å². The van der Waals surface area contributed by atoms with Gasteiger partial charge in [0.2, 0.25) is 0 Å². The third kappa shape index (κ3) is 3.05. The first-order valence-corrected chi connectivity index (χ1v) is 7.68. The lowest BCUT2D eigenvalue weighted by Crippen LogP contribution is -2.53. The lowest BCUT2D eigenvalue weighted by Gasteiger charge is -2.38. The minimum absolute atomic E-state index is 0.0371. The molecule has 1 aromatic heterocycles. The first kappa shape index (κ1) is 15.8. The van der Waals surface area contributed by atoms with E-state index in [2.05, 4.69) is 17.3 Å². The van der Waals surface area contributed by atoms with Crippen LogP contribution in [0.5, 0.6) is 0 Å². The van der Waals surface area contributed by atoms with Crippen LogP contribution in [0.4, 0.5) is 5.69 Å². The van der Waals surface area contributed by atoms with E-state index in [4.69, 9.17) is 5.73 Å². The minimum Gasteiger partial charge on any atom is -0.395 e. The van der Waals surface area contributed by atoms with Gasteiger partial charge in [0, 0.05) is 6.54 Å². The Labute approximate surface area is 125 Å². The predicted molar refractivity (Wildman–Crippen MR) is 82.0 cm³/mol. The van der Waals surface area contributed by atoms with Gasteiger partial charge in [0.25, 0.3) is 5.91 Å². The zero-order valence-corrected chi connectivity index (χ0v) is 13.1. The molecular weight excluding hydrogens is 268 g/mol. The van der Waals surface area contributed by atoms with Crippen LogP contribution in [-0.2, 0) is 6.54 Å². The second kappa shape index (κ2) is 6.05. The Morgan fingerprint density at radius 1 is 1.52 bits per heavy atom. The topological polar surface area (TPSA) is 93.2 Å². The van der Waals surface area contributed by atoms with Gasteiger partial charge >= 0.3 is 0 Å². The van der Waals surface area contributed by atoms with E-state index in [-0.39, 0.29) is 12.5 Å². The molecule has 0 radical (unpaired) electrons. The van der Waals surface area contributed by atoms with Crippen LogP contribution < -0.4 is 11.1 Å². The number of amides is 1. The molecule has 1 aromatic rings. The molecule has 0 saturated heterocycles. The first-order valence-electron chi connectivity index (χ1n) is 7.68. The van der Waals surface area contributed by atoms with E-state index in [9.17, 15) is 9.90 Å². The summed E-state index contributed by atoms with van der Waals surface area (Å²) in [6.07, 6.45) is 3.63. The number of aryl methyl sites for hydroxylation is 2. The molecule has 21 heavy (non-hydrogen) atoms.